The summed E-state index contributed by atoms with van der Waals surface area (Å²) in [6.45, 7) is 12.4. The van der Waals surface area contributed by atoms with Crippen molar-refractivity contribution in [1.82, 2.24) is 0 Å². The van der Waals surface area contributed by atoms with Gasteiger partial charge in [-0.15, -0.1) is 23.5 Å². The highest BCUT2D eigenvalue weighted by molar-refractivity contribution is 8.17. The summed E-state index contributed by atoms with van der Waals surface area (Å²) in [6.07, 6.45) is 1.69. The Kier molecular flexibility index (Phi) is 8.20. The van der Waals surface area contributed by atoms with Crippen molar-refractivity contribution in [3.05, 3.63) is 35.9 Å². The van der Waals surface area contributed by atoms with Crippen LogP contribution >= 0.6 is 23.5 Å². The SMILES string of the molecule is CC(COCc1ccccc1)C1OC(C)(C)OC(C(C)C2SCCCS2)C1C. The van der Waals surface area contributed by atoms with Crippen LogP contribution in [0.1, 0.15) is 46.6 Å². The number of benzene rings is 1. The van der Waals surface area contributed by atoms with Crippen LogP contribution in [0.2, 0.25) is 0 Å². The normalized spacial score (nSPS) is 30.7. The van der Waals surface area contributed by atoms with Gasteiger partial charge in [0.25, 0.3) is 0 Å². The fourth-order valence-electron chi connectivity index (χ4n) is 4.30. The molecule has 0 radical (unpaired) electrons. The van der Waals surface area contributed by atoms with Gasteiger partial charge in [-0.1, -0.05) is 51.1 Å². The molecule has 28 heavy (non-hydrogen) atoms. The van der Waals surface area contributed by atoms with Crippen LogP contribution in [0.4, 0.5) is 0 Å². The van der Waals surface area contributed by atoms with Crippen LogP contribution in [0, 0.1) is 17.8 Å². The number of ether oxygens (including phenoxy) is 3. The average Bonchev–Trinajstić information content (AvgIpc) is 2.70. The first-order valence-corrected chi connectivity index (χ1v) is 12.7. The van der Waals surface area contributed by atoms with Gasteiger partial charge < -0.3 is 14.2 Å². The number of hydrogen-bond acceptors (Lipinski definition) is 5. The Morgan fingerprint density at radius 1 is 1.07 bits per heavy atom. The minimum absolute atomic E-state index is 0.144. The predicted octanol–water partition coefficient (Wildman–Crippen LogP) is 5.83. The molecule has 5 heteroatoms. The standard InChI is InChI=1S/C23H36O3S2/c1-16(14-24-15-19-10-7-6-8-11-19)20-17(2)21(26-23(4,5)25-20)18(3)22-27-12-9-13-28-22/h6-8,10-11,16-18,20-22H,9,12-15H2,1-5H3. The second kappa shape index (κ2) is 10.2. The lowest BCUT2D eigenvalue weighted by molar-refractivity contribution is -0.335. The number of hydrogen-bond donors (Lipinski definition) is 0. The van der Waals surface area contributed by atoms with E-state index in [1.54, 1.807) is 0 Å². The predicted molar refractivity (Wildman–Crippen MR) is 121 cm³/mol. The Morgan fingerprint density at radius 3 is 2.39 bits per heavy atom. The summed E-state index contributed by atoms with van der Waals surface area (Å²) in [5.41, 5.74) is 1.22. The molecule has 0 N–H and O–H groups in total. The third-order valence-electron chi connectivity index (χ3n) is 5.73. The fraction of sp³-hybridized carbons (Fsp3) is 0.739. The van der Waals surface area contributed by atoms with Crippen LogP contribution in [-0.4, -0.2) is 40.7 Å². The van der Waals surface area contributed by atoms with Crippen LogP contribution in [0.25, 0.3) is 0 Å². The third kappa shape index (κ3) is 5.91. The molecule has 1 aromatic carbocycles. The van der Waals surface area contributed by atoms with Gasteiger partial charge in [-0.25, -0.2) is 0 Å². The van der Waals surface area contributed by atoms with Gasteiger partial charge in [0.05, 0.1) is 30.0 Å². The van der Waals surface area contributed by atoms with E-state index in [9.17, 15) is 0 Å². The molecular weight excluding hydrogens is 388 g/mol. The van der Waals surface area contributed by atoms with E-state index < -0.39 is 5.79 Å². The molecule has 0 bridgehead atoms. The van der Waals surface area contributed by atoms with Crippen molar-refractivity contribution in [1.29, 1.82) is 0 Å². The van der Waals surface area contributed by atoms with Gasteiger partial charge in [0, 0.05) is 17.8 Å². The highest BCUT2D eigenvalue weighted by atomic mass is 32.2. The van der Waals surface area contributed by atoms with Gasteiger partial charge >= 0.3 is 0 Å². The minimum atomic E-state index is -0.548. The van der Waals surface area contributed by atoms with Gasteiger partial charge in [-0.05, 0) is 37.3 Å². The summed E-state index contributed by atoms with van der Waals surface area (Å²) >= 11 is 4.21. The van der Waals surface area contributed by atoms with E-state index in [-0.39, 0.29) is 12.2 Å². The topological polar surface area (TPSA) is 27.7 Å². The monoisotopic (exact) mass is 424 g/mol. The molecular formula is C23H36O3S2. The Bertz CT molecular complexity index is 589. The van der Waals surface area contributed by atoms with Crippen molar-refractivity contribution in [3.8, 4) is 0 Å². The summed E-state index contributed by atoms with van der Waals surface area (Å²) in [7, 11) is 0. The molecule has 158 valence electrons. The second-order valence-corrected chi connectivity index (χ2v) is 11.5. The van der Waals surface area contributed by atoms with Crippen molar-refractivity contribution in [3.63, 3.8) is 0 Å². The van der Waals surface area contributed by atoms with Gasteiger partial charge in [-0.3, -0.25) is 0 Å². The molecule has 3 rings (SSSR count). The molecule has 2 aliphatic heterocycles. The van der Waals surface area contributed by atoms with Crippen LogP contribution in [0.3, 0.4) is 0 Å². The number of thioether (sulfide) groups is 2. The lowest BCUT2D eigenvalue weighted by atomic mass is 9.83. The fourth-order valence-corrected chi connectivity index (χ4v) is 7.45. The van der Waals surface area contributed by atoms with Gasteiger partial charge in [-0.2, -0.15) is 0 Å². The molecule has 0 spiro atoms. The van der Waals surface area contributed by atoms with Crippen LogP contribution in [0.15, 0.2) is 30.3 Å². The van der Waals surface area contributed by atoms with Crippen LogP contribution in [-0.2, 0) is 20.8 Å². The van der Waals surface area contributed by atoms with Crippen molar-refractivity contribution in [2.75, 3.05) is 18.1 Å². The summed E-state index contributed by atoms with van der Waals surface area (Å²) < 4.78 is 19.5. The maximum atomic E-state index is 6.47. The molecule has 0 aromatic heterocycles. The molecule has 2 fully saturated rings. The van der Waals surface area contributed by atoms with E-state index in [4.69, 9.17) is 14.2 Å². The lowest BCUT2D eigenvalue weighted by Crippen LogP contribution is -2.55. The minimum Gasteiger partial charge on any atom is -0.376 e. The molecule has 0 amide bonds. The van der Waals surface area contributed by atoms with Crippen LogP contribution < -0.4 is 0 Å². The van der Waals surface area contributed by atoms with E-state index in [2.05, 4.69) is 82.4 Å². The van der Waals surface area contributed by atoms with E-state index in [1.807, 2.05) is 6.07 Å². The summed E-state index contributed by atoms with van der Waals surface area (Å²) in [4.78, 5) is 0. The average molecular weight is 425 g/mol. The zero-order valence-electron chi connectivity index (χ0n) is 17.9. The summed E-state index contributed by atoms with van der Waals surface area (Å²) in [5.74, 6) is 3.18. The highest BCUT2D eigenvalue weighted by Crippen LogP contribution is 2.44. The van der Waals surface area contributed by atoms with Gasteiger partial charge in [0.2, 0.25) is 0 Å². The smallest absolute Gasteiger partial charge is 0.163 e. The van der Waals surface area contributed by atoms with Crippen molar-refractivity contribution >= 4 is 23.5 Å². The Morgan fingerprint density at radius 2 is 1.71 bits per heavy atom. The first kappa shape index (κ1) is 22.5. The Balaban J connectivity index is 1.60. The molecule has 3 nitrogen and oxygen atoms in total. The maximum absolute atomic E-state index is 6.47. The molecule has 1 aromatic rings. The lowest BCUT2D eigenvalue weighted by Gasteiger charge is -2.50. The van der Waals surface area contributed by atoms with Gasteiger partial charge in [0.1, 0.15) is 0 Å². The van der Waals surface area contributed by atoms with Crippen molar-refractivity contribution in [2.24, 2.45) is 17.8 Å². The van der Waals surface area contributed by atoms with Crippen LogP contribution in [0.5, 0.6) is 0 Å². The first-order valence-electron chi connectivity index (χ1n) is 10.6. The maximum Gasteiger partial charge on any atom is 0.163 e. The molecule has 2 heterocycles. The number of rotatable bonds is 7. The quantitative estimate of drug-likeness (QED) is 0.549. The third-order valence-corrected chi connectivity index (χ3v) is 9.11. The summed E-state index contributed by atoms with van der Waals surface area (Å²) in [5, 5.41) is 0. The largest absolute Gasteiger partial charge is 0.376 e. The van der Waals surface area contributed by atoms with E-state index in [0.29, 0.717) is 35.5 Å². The second-order valence-electron chi connectivity index (χ2n) is 8.72. The van der Waals surface area contributed by atoms with Gasteiger partial charge in [0.15, 0.2) is 5.79 Å². The Labute approximate surface area is 179 Å². The summed E-state index contributed by atoms with van der Waals surface area (Å²) in [6, 6.07) is 10.4. The molecule has 0 saturated carbocycles. The van der Waals surface area contributed by atoms with Crippen molar-refractivity contribution in [2.45, 2.75) is 70.2 Å². The molecule has 5 atom stereocenters. The Hall–Kier alpha value is -0.200. The first-order chi connectivity index (χ1) is 13.4. The highest BCUT2D eigenvalue weighted by Gasteiger charge is 2.46. The molecule has 0 aliphatic carbocycles. The molecule has 2 saturated heterocycles. The molecule has 2 aliphatic rings. The zero-order valence-corrected chi connectivity index (χ0v) is 19.6. The molecule has 5 unspecified atom stereocenters. The zero-order chi connectivity index (χ0) is 20.1. The van der Waals surface area contributed by atoms with E-state index in [0.717, 1.165) is 0 Å². The van der Waals surface area contributed by atoms with Crippen molar-refractivity contribution < 1.29 is 14.2 Å². The van der Waals surface area contributed by atoms with E-state index >= 15 is 0 Å². The van der Waals surface area contributed by atoms with E-state index in [1.165, 1.54) is 23.5 Å².